The average molecular weight is 547 g/mol. The van der Waals surface area contributed by atoms with E-state index in [1.165, 1.54) is 5.56 Å². The molecule has 2 unspecified atom stereocenters. The molecule has 0 amide bonds. The van der Waals surface area contributed by atoms with Crippen LogP contribution < -0.4 is 4.72 Å². The van der Waals surface area contributed by atoms with Gasteiger partial charge >= 0.3 is 0 Å². The normalized spacial score (nSPS) is 13.8. The second-order valence-electron chi connectivity index (χ2n) is 10.6. The van der Waals surface area contributed by atoms with Crippen molar-refractivity contribution in [2.75, 3.05) is 6.54 Å². The first-order chi connectivity index (χ1) is 18.1. The Hall–Kier alpha value is -2.96. The van der Waals surface area contributed by atoms with E-state index in [9.17, 15) is 8.42 Å². The largest absolute Gasteiger partial charge is 0.241 e. The van der Waals surface area contributed by atoms with Crippen molar-refractivity contribution in [2.24, 2.45) is 5.41 Å². The zero-order valence-corrected chi connectivity index (χ0v) is 23.7. The minimum Gasteiger partial charge on any atom is -0.210 e. The molecule has 198 valence electrons. The van der Waals surface area contributed by atoms with E-state index < -0.39 is 22.1 Å². The van der Waals surface area contributed by atoms with E-state index in [0.29, 0.717) is 6.54 Å². The fourth-order valence-corrected chi connectivity index (χ4v) is 6.58. The molecule has 0 heterocycles. The van der Waals surface area contributed by atoms with Gasteiger partial charge in [-0.15, -0.1) is 0 Å². The Morgan fingerprint density at radius 2 is 1.26 bits per heavy atom. The summed E-state index contributed by atoms with van der Waals surface area (Å²) in [4.78, 5) is 0.223. The van der Waals surface area contributed by atoms with Gasteiger partial charge < -0.3 is 0 Å². The summed E-state index contributed by atoms with van der Waals surface area (Å²) in [5.41, 5.74) is 3.83. The SMILES string of the molecule is Cc1ccc(S(=O)(=O)NC(c2ccccc2)C(c2ccccc2)N(Cl)CC(C)(C)Cc2ccccc2)cc1. The van der Waals surface area contributed by atoms with Gasteiger partial charge in [0.15, 0.2) is 0 Å². The number of nitrogens with zero attached hydrogens (tertiary/aromatic N) is 1. The zero-order chi connectivity index (χ0) is 27.2. The summed E-state index contributed by atoms with van der Waals surface area (Å²) < 4.78 is 32.1. The summed E-state index contributed by atoms with van der Waals surface area (Å²) in [5.74, 6) is 0. The molecule has 38 heavy (non-hydrogen) atoms. The lowest BCUT2D eigenvalue weighted by Crippen LogP contribution is -2.41. The number of halogens is 1. The fraction of sp³-hybridized carbons (Fsp3) is 0.250. The van der Waals surface area contributed by atoms with Crippen LogP contribution in [0.2, 0.25) is 0 Å². The molecule has 4 rings (SSSR count). The molecule has 0 spiro atoms. The molecule has 0 aliphatic rings. The molecular weight excluding hydrogens is 512 g/mol. The van der Waals surface area contributed by atoms with E-state index in [1.807, 2.05) is 85.8 Å². The quantitative estimate of drug-likeness (QED) is 0.198. The van der Waals surface area contributed by atoms with Gasteiger partial charge in [-0.1, -0.05) is 123 Å². The highest BCUT2D eigenvalue weighted by Gasteiger charge is 2.36. The van der Waals surface area contributed by atoms with Crippen LogP contribution in [0.25, 0.3) is 0 Å². The summed E-state index contributed by atoms with van der Waals surface area (Å²) in [5, 5.41) is 0. The van der Waals surface area contributed by atoms with E-state index >= 15 is 0 Å². The number of sulfonamides is 1. The highest BCUT2D eigenvalue weighted by atomic mass is 35.5. The highest BCUT2D eigenvalue weighted by molar-refractivity contribution is 7.89. The Kier molecular flexibility index (Phi) is 9.06. The summed E-state index contributed by atoms with van der Waals surface area (Å²) in [6.07, 6.45) is 0.837. The van der Waals surface area contributed by atoms with Crippen LogP contribution in [0.15, 0.2) is 120 Å². The molecule has 0 bridgehead atoms. The van der Waals surface area contributed by atoms with E-state index in [-0.39, 0.29) is 10.3 Å². The molecule has 4 aromatic carbocycles. The molecule has 2 atom stereocenters. The first-order valence-electron chi connectivity index (χ1n) is 12.8. The number of rotatable bonds is 11. The van der Waals surface area contributed by atoms with Crippen molar-refractivity contribution < 1.29 is 8.42 Å². The molecule has 0 aliphatic heterocycles. The van der Waals surface area contributed by atoms with Crippen molar-refractivity contribution in [1.82, 2.24) is 9.14 Å². The van der Waals surface area contributed by atoms with Crippen molar-refractivity contribution in [2.45, 2.75) is 44.2 Å². The molecule has 6 heteroatoms. The van der Waals surface area contributed by atoms with Gasteiger partial charge in [0.05, 0.1) is 17.0 Å². The maximum atomic E-state index is 13.6. The third-order valence-electron chi connectivity index (χ3n) is 6.64. The lowest BCUT2D eigenvalue weighted by atomic mass is 9.84. The minimum absolute atomic E-state index is 0.173. The molecule has 4 nitrogen and oxygen atoms in total. The van der Waals surface area contributed by atoms with Gasteiger partial charge in [0.2, 0.25) is 10.0 Å². The zero-order valence-electron chi connectivity index (χ0n) is 22.1. The summed E-state index contributed by atoms with van der Waals surface area (Å²) in [7, 11) is -3.84. The van der Waals surface area contributed by atoms with E-state index in [0.717, 1.165) is 23.1 Å². The Morgan fingerprint density at radius 3 is 1.82 bits per heavy atom. The van der Waals surface area contributed by atoms with Crippen LogP contribution in [0.1, 0.15) is 48.2 Å². The van der Waals surface area contributed by atoms with Gasteiger partial charge in [-0.05, 0) is 59.4 Å². The third kappa shape index (κ3) is 7.33. The van der Waals surface area contributed by atoms with Gasteiger partial charge in [0, 0.05) is 6.54 Å². The second kappa shape index (κ2) is 12.3. The maximum Gasteiger partial charge on any atom is 0.241 e. The van der Waals surface area contributed by atoms with Crippen molar-refractivity contribution in [3.63, 3.8) is 0 Å². The number of hydrogen-bond acceptors (Lipinski definition) is 3. The number of aryl methyl sites for hydroxylation is 1. The molecule has 0 aliphatic carbocycles. The highest BCUT2D eigenvalue weighted by Crippen LogP contribution is 2.39. The lowest BCUT2D eigenvalue weighted by Gasteiger charge is -2.38. The van der Waals surface area contributed by atoms with Crippen LogP contribution in [0.4, 0.5) is 0 Å². The van der Waals surface area contributed by atoms with Crippen LogP contribution >= 0.6 is 11.8 Å². The molecular formula is C32H35ClN2O2S. The molecule has 0 radical (unpaired) electrons. The van der Waals surface area contributed by atoms with Gasteiger partial charge in [-0.2, -0.15) is 0 Å². The first kappa shape index (κ1) is 28.1. The number of nitrogens with one attached hydrogen (secondary N) is 1. The van der Waals surface area contributed by atoms with Crippen LogP contribution in [0.3, 0.4) is 0 Å². The smallest absolute Gasteiger partial charge is 0.210 e. The monoisotopic (exact) mass is 546 g/mol. The van der Waals surface area contributed by atoms with Crippen molar-refractivity contribution in [3.8, 4) is 0 Å². The van der Waals surface area contributed by atoms with E-state index in [2.05, 4.69) is 30.7 Å². The molecule has 1 N–H and O–H groups in total. The van der Waals surface area contributed by atoms with Crippen LogP contribution in [0, 0.1) is 12.3 Å². The van der Waals surface area contributed by atoms with Crippen LogP contribution in [0.5, 0.6) is 0 Å². The van der Waals surface area contributed by atoms with Gasteiger partial charge in [0.1, 0.15) is 0 Å². The predicted octanol–water partition coefficient (Wildman–Crippen LogP) is 7.48. The van der Waals surface area contributed by atoms with Crippen molar-refractivity contribution >= 4 is 21.8 Å². The number of hydrogen-bond donors (Lipinski definition) is 1. The van der Waals surface area contributed by atoms with Crippen molar-refractivity contribution in [3.05, 3.63) is 138 Å². The molecule has 0 saturated heterocycles. The summed E-state index contributed by atoms with van der Waals surface area (Å²) in [6.45, 7) is 6.85. The van der Waals surface area contributed by atoms with E-state index in [4.69, 9.17) is 11.8 Å². The Balaban J connectivity index is 1.73. The fourth-order valence-electron chi connectivity index (χ4n) is 4.81. The molecule has 0 fully saturated rings. The first-order valence-corrected chi connectivity index (χ1v) is 14.6. The number of benzene rings is 4. The standard InChI is InChI=1S/C32H35ClN2O2S/c1-25-19-21-29(22-20-25)38(36,37)34-30(27-15-9-5-10-16-27)31(28-17-11-6-12-18-28)35(33)24-32(2,3)23-26-13-7-4-8-14-26/h4-22,30-31,34H,23-24H2,1-3H3. The Morgan fingerprint density at radius 1 is 0.763 bits per heavy atom. The molecule has 0 aromatic heterocycles. The van der Waals surface area contributed by atoms with Crippen LogP contribution in [-0.4, -0.2) is 19.4 Å². The molecule has 0 saturated carbocycles. The van der Waals surface area contributed by atoms with Crippen LogP contribution in [-0.2, 0) is 16.4 Å². The predicted molar refractivity (Wildman–Crippen MR) is 156 cm³/mol. The second-order valence-corrected chi connectivity index (χ2v) is 12.7. The minimum atomic E-state index is -3.84. The van der Waals surface area contributed by atoms with Gasteiger partial charge in [0.25, 0.3) is 0 Å². The van der Waals surface area contributed by atoms with Gasteiger partial charge in [-0.3, -0.25) is 0 Å². The molecule has 4 aromatic rings. The average Bonchev–Trinajstić information content (AvgIpc) is 2.89. The summed E-state index contributed by atoms with van der Waals surface area (Å²) >= 11 is 7.17. The van der Waals surface area contributed by atoms with Gasteiger partial charge in [-0.25, -0.2) is 17.6 Å². The Labute approximate surface area is 232 Å². The maximum absolute atomic E-state index is 13.6. The topological polar surface area (TPSA) is 49.4 Å². The van der Waals surface area contributed by atoms with Crippen molar-refractivity contribution in [1.29, 1.82) is 0 Å². The summed E-state index contributed by atoms with van der Waals surface area (Å²) in [6, 6.07) is 35.7. The van der Waals surface area contributed by atoms with E-state index in [1.54, 1.807) is 28.7 Å². The Bertz CT molecular complexity index is 1390. The lowest BCUT2D eigenvalue weighted by molar-refractivity contribution is 0.200. The third-order valence-corrected chi connectivity index (χ3v) is 8.42.